The minimum absolute atomic E-state index is 0.296. The largest absolute Gasteiger partial charge is 0.349 e. The monoisotopic (exact) mass is 346 g/mol. The van der Waals surface area contributed by atoms with Gasteiger partial charge in [-0.05, 0) is 33.5 Å². The van der Waals surface area contributed by atoms with Gasteiger partial charge in [0, 0.05) is 17.6 Å². The molecular weight excluding hydrogens is 322 g/mol. The molecule has 1 fully saturated rings. The second kappa shape index (κ2) is 8.65. The van der Waals surface area contributed by atoms with Crippen LogP contribution in [0.5, 0.6) is 0 Å². The third-order valence-corrected chi connectivity index (χ3v) is 4.73. The molecule has 1 atom stereocenters. The second-order valence-corrected chi connectivity index (χ2v) is 7.28. The second-order valence-electron chi connectivity index (χ2n) is 6.08. The van der Waals surface area contributed by atoms with Gasteiger partial charge in [-0.1, -0.05) is 6.42 Å². The van der Waals surface area contributed by atoms with Crippen molar-refractivity contribution in [3.63, 3.8) is 0 Å². The molecule has 130 valence electrons. The van der Waals surface area contributed by atoms with Gasteiger partial charge in [0.2, 0.25) is 5.91 Å². The Morgan fingerprint density at radius 2 is 2.30 bits per heavy atom. The van der Waals surface area contributed by atoms with Gasteiger partial charge >= 0.3 is 0 Å². The van der Waals surface area contributed by atoms with Crippen molar-refractivity contribution >= 4 is 17.2 Å². The van der Waals surface area contributed by atoms with E-state index in [9.17, 15) is 13.6 Å². The van der Waals surface area contributed by atoms with Crippen molar-refractivity contribution in [3.8, 4) is 0 Å². The van der Waals surface area contributed by atoms with E-state index in [1.165, 1.54) is 4.88 Å². The smallest absolute Gasteiger partial charge is 0.255 e. The number of alkyl halides is 2. The van der Waals surface area contributed by atoms with Crippen LogP contribution < -0.4 is 5.32 Å². The Kier molecular flexibility index (Phi) is 6.86. The van der Waals surface area contributed by atoms with Gasteiger partial charge in [0.05, 0.1) is 19.1 Å². The summed E-state index contributed by atoms with van der Waals surface area (Å²) in [4.78, 5) is 21.9. The van der Waals surface area contributed by atoms with Gasteiger partial charge in [0.15, 0.2) is 0 Å². The third-order valence-electron chi connectivity index (χ3n) is 3.76. The number of piperidine rings is 1. The Balaban J connectivity index is 1.95. The summed E-state index contributed by atoms with van der Waals surface area (Å²) in [5.74, 6) is -0.296. The lowest BCUT2D eigenvalue weighted by Gasteiger charge is -2.34. The predicted octanol–water partition coefficient (Wildman–Crippen LogP) is 1.94. The maximum Gasteiger partial charge on any atom is 0.255 e. The van der Waals surface area contributed by atoms with Crippen molar-refractivity contribution in [2.45, 2.75) is 44.8 Å². The standard InChI is InChI=1S/C15H24F2N4OS/c1-20(2)9-11-7-18-14(23-11)10-21-6-4-3-5-12(21)15(22)19-8-13(16)17/h7,12-13H,3-6,8-10H2,1-2H3,(H,19,22)/t12-/m0/s1. The fourth-order valence-corrected chi connectivity index (χ4v) is 3.82. The number of hydrogen-bond donors (Lipinski definition) is 1. The highest BCUT2D eigenvalue weighted by Gasteiger charge is 2.29. The zero-order valence-electron chi connectivity index (χ0n) is 13.6. The van der Waals surface area contributed by atoms with Crippen LogP contribution in [-0.4, -0.2) is 60.3 Å². The molecule has 1 aliphatic rings. The molecule has 1 aromatic heterocycles. The summed E-state index contributed by atoms with van der Waals surface area (Å²) in [6.45, 7) is 1.67. The number of aromatic nitrogens is 1. The first kappa shape index (κ1) is 18.2. The summed E-state index contributed by atoms with van der Waals surface area (Å²) in [7, 11) is 4.01. The number of carbonyl (C=O) groups excluding carboxylic acids is 1. The molecule has 0 bridgehead atoms. The average Bonchev–Trinajstić information content (AvgIpc) is 2.91. The Hall–Kier alpha value is -1.12. The zero-order chi connectivity index (χ0) is 16.8. The van der Waals surface area contributed by atoms with Crippen LogP contribution >= 0.6 is 11.3 Å². The fraction of sp³-hybridized carbons (Fsp3) is 0.733. The molecule has 23 heavy (non-hydrogen) atoms. The van der Waals surface area contributed by atoms with Crippen molar-refractivity contribution < 1.29 is 13.6 Å². The average molecular weight is 346 g/mol. The number of likely N-dealkylation sites (tertiary alicyclic amines) is 1. The van der Waals surface area contributed by atoms with Crippen molar-refractivity contribution in [2.75, 3.05) is 27.2 Å². The lowest BCUT2D eigenvalue weighted by Crippen LogP contribution is -2.49. The minimum Gasteiger partial charge on any atom is -0.349 e. The first-order valence-electron chi connectivity index (χ1n) is 7.84. The highest BCUT2D eigenvalue weighted by atomic mass is 32.1. The lowest BCUT2D eigenvalue weighted by atomic mass is 10.0. The molecule has 0 unspecified atom stereocenters. The zero-order valence-corrected chi connectivity index (χ0v) is 14.4. The van der Waals surface area contributed by atoms with E-state index in [1.54, 1.807) is 11.3 Å². The van der Waals surface area contributed by atoms with Crippen molar-refractivity contribution in [3.05, 3.63) is 16.1 Å². The molecule has 0 aliphatic carbocycles. The summed E-state index contributed by atoms with van der Waals surface area (Å²) in [6.07, 6.45) is 2.05. The van der Waals surface area contributed by atoms with E-state index < -0.39 is 13.0 Å². The Morgan fingerprint density at radius 3 is 3.00 bits per heavy atom. The molecule has 5 nitrogen and oxygen atoms in total. The quantitative estimate of drug-likeness (QED) is 0.820. The van der Waals surface area contributed by atoms with Crippen LogP contribution in [0, 0.1) is 0 Å². The van der Waals surface area contributed by atoms with Gasteiger partial charge in [0.25, 0.3) is 6.43 Å². The Morgan fingerprint density at radius 1 is 1.52 bits per heavy atom. The normalized spacial score (nSPS) is 19.5. The highest BCUT2D eigenvalue weighted by Crippen LogP contribution is 2.22. The third kappa shape index (κ3) is 5.78. The molecule has 1 aliphatic heterocycles. The summed E-state index contributed by atoms with van der Waals surface area (Å²) in [6, 6.07) is -0.330. The molecule has 0 spiro atoms. The molecule has 0 saturated carbocycles. The van der Waals surface area contributed by atoms with Gasteiger partial charge in [-0.25, -0.2) is 13.8 Å². The van der Waals surface area contributed by atoms with Crippen molar-refractivity contribution in [1.29, 1.82) is 0 Å². The highest BCUT2D eigenvalue weighted by molar-refractivity contribution is 7.11. The number of thiazole rings is 1. The van der Waals surface area contributed by atoms with Crippen LogP contribution in [0.2, 0.25) is 0 Å². The Bertz CT molecular complexity index is 509. The molecule has 1 aromatic rings. The number of nitrogens with zero attached hydrogens (tertiary/aromatic N) is 3. The molecule has 1 saturated heterocycles. The van der Waals surface area contributed by atoms with Gasteiger partial charge in [0.1, 0.15) is 5.01 Å². The van der Waals surface area contributed by atoms with Gasteiger partial charge in [-0.3, -0.25) is 9.69 Å². The number of carbonyl (C=O) groups is 1. The van der Waals surface area contributed by atoms with E-state index in [2.05, 4.69) is 20.1 Å². The molecule has 0 radical (unpaired) electrons. The van der Waals surface area contributed by atoms with E-state index in [0.29, 0.717) is 13.0 Å². The summed E-state index contributed by atoms with van der Waals surface area (Å²) < 4.78 is 24.5. The molecule has 8 heteroatoms. The number of rotatable bonds is 7. The van der Waals surface area contributed by atoms with Gasteiger partial charge in [-0.15, -0.1) is 11.3 Å². The first-order valence-corrected chi connectivity index (χ1v) is 8.65. The van der Waals surface area contributed by atoms with Crippen LogP contribution in [-0.2, 0) is 17.9 Å². The van der Waals surface area contributed by atoms with Crippen LogP contribution in [0.3, 0.4) is 0 Å². The lowest BCUT2D eigenvalue weighted by molar-refractivity contribution is -0.128. The molecule has 1 N–H and O–H groups in total. The van der Waals surface area contributed by atoms with E-state index >= 15 is 0 Å². The molecule has 2 rings (SSSR count). The number of hydrogen-bond acceptors (Lipinski definition) is 5. The maximum absolute atomic E-state index is 12.3. The number of halogens is 2. The van der Waals surface area contributed by atoms with E-state index in [-0.39, 0.29) is 11.9 Å². The summed E-state index contributed by atoms with van der Waals surface area (Å²) >= 11 is 1.64. The van der Waals surface area contributed by atoms with Gasteiger partial charge in [-0.2, -0.15) is 0 Å². The molecular formula is C15H24F2N4OS. The predicted molar refractivity (Wildman–Crippen MR) is 86.6 cm³/mol. The maximum atomic E-state index is 12.3. The minimum atomic E-state index is -2.51. The first-order chi connectivity index (χ1) is 11.0. The van der Waals surface area contributed by atoms with E-state index in [1.807, 2.05) is 20.3 Å². The molecule has 0 aromatic carbocycles. The van der Waals surface area contributed by atoms with E-state index in [0.717, 1.165) is 30.9 Å². The SMILES string of the molecule is CN(C)Cc1cnc(CN2CCCC[C@H]2C(=O)NCC(F)F)s1. The van der Waals surface area contributed by atoms with E-state index in [4.69, 9.17) is 0 Å². The number of nitrogens with one attached hydrogen (secondary N) is 1. The molecule has 1 amide bonds. The van der Waals surface area contributed by atoms with Gasteiger partial charge < -0.3 is 10.2 Å². The number of amides is 1. The van der Waals surface area contributed by atoms with Crippen LogP contribution in [0.25, 0.3) is 0 Å². The summed E-state index contributed by atoms with van der Waals surface area (Å²) in [5.41, 5.74) is 0. The molecule has 2 heterocycles. The van der Waals surface area contributed by atoms with Crippen molar-refractivity contribution in [2.24, 2.45) is 0 Å². The Labute approximate surface area is 139 Å². The van der Waals surface area contributed by atoms with Crippen LogP contribution in [0.15, 0.2) is 6.20 Å². The summed E-state index contributed by atoms with van der Waals surface area (Å²) in [5, 5.41) is 3.31. The fourth-order valence-electron chi connectivity index (χ4n) is 2.75. The van der Waals surface area contributed by atoms with Crippen LogP contribution in [0.4, 0.5) is 8.78 Å². The topological polar surface area (TPSA) is 48.5 Å². The van der Waals surface area contributed by atoms with Crippen LogP contribution in [0.1, 0.15) is 29.1 Å². The van der Waals surface area contributed by atoms with Crippen molar-refractivity contribution in [1.82, 2.24) is 20.1 Å².